The molecule has 1 aliphatic carbocycles. The lowest BCUT2D eigenvalue weighted by Gasteiger charge is -2.20. The number of rotatable bonds is 5. The van der Waals surface area contributed by atoms with Gasteiger partial charge in [-0.3, -0.25) is 19.2 Å². The minimum atomic E-state index is -0.551. The Morgan fingerprint density at radius 1 is 0.794 bits per heavy atom. The van der Waals surface area contributed by atoms with Crippen molar-refractivity contribution in [3.8, 4) is 5.75 Å². The molecule has 2 N–H and O–H groups in total. The first-order chi connectivity index (χ1) is 16.1. The second kappa shape index (κ2) is 8.94. The van der Waals surface area contributed by atoms with Crippen LogP contribution in [-0.4, -0.2) is 30.0 Å². The first kappa shape index (κ1) is 22.9. The maximum atomic E-state index is 13.1. The quantitative estimate of drug-likeness (QED) is 0.462. The van der Waals surface area contributed by atoms with Gasteiger partial charge in [0.15, 0.2) is 18.2 Å². The molecule has 0 aliphatic heterocycles. The molecule has 4 rings (SSSR count). The van der Waals surface area contributed by atoms with Gasteiger partial charge in [0.05, 0.1) is 11.3 Å². The Balaban J connectivity index is 1.46. The molecule has 0 saturated carbocycles. The first-order valence-electron chi connectivity index (χ1n) is 10.8. The van der Waals surface area contributed by atoms with Gasteiger partial charge in [-0.2, -0.15) is 0 Å². The van der Waals surface area contributed by atoms with E-state index in [4.69, 9.17) is 4.74 Å². The summed E-state index contributed by atoms with van der Waals surface area (Å²) in [5, 5.41) is 5.49. The van der Waals surface area contributed by atoms with Gasteiger partial charge in [0, 0.05) is 33.9 Å². The molecule has 0 fully saturated rings. The SMILES string of the molecule is CC(C)(C)C(=O)Nc1cccc(OCC(=O)Nc2cccc3c2C(=O)c2ccccc2C3=O)c1. The monoisotopic (exact) mass is 456 g/mol. The van der Waals surface area contributed by atoms with Crippen molar-refractivity contribution in [3.63, 3.8) is 0 Å². The Morgan fingerprint density at radius 3 is 2.15 bits per heavy atom. The summed E-state index contributed by atoms with van der Waals surface area (Å²) in [4.78, 5) is 50.7. The highest BCUT2D eigenvalue weighted by atomic mass is 16.5. The van der Waals surface area contributed by atoms with E-state index in [1.54, 1.807) is 66.7 Å². The third-order valence-corrected chi connectivity index (χ3v) is 5.37. The molecular weight excluding hydrogens is 432 g/mol. The Hall–Kier alpha value is -4.26. The molecule has 2 amide bonds. The number of hydrogen-bond acceptors (Lipinski definition) is 5. The smallest absolute Gasteiger partial charge is 0.262 e. The third-order valence-electron chi connectivity index (χ3n) is 5.37. The Morgan fingerprint density at radius 2 is 1.44 bits per heavy atom. The summed E-state index contributed by atoms with van der Waals surface area (Å²) >= 11 is 0. The molecule has 0 bridgehead atoms. The summed E-state index contributed by atoms with van der Waals surface area (Å²) in [5.41, 5.74) is 1.35. The Bertz CT molecular complexity index is 1320. The van der Waals surface area contributed by atoms with Gasteiger partial charge < -0.3 is 15.4 Å². The second-order valence-electron chi connectivity index (χ2n) is 9.00. The van der Waals surface area contributed by atoms with Crippen LogP contribution in [0.4, 0.5) is 11.4 Å². The molecule has 0 spiro atoms. The van der Waals surface area contributed by atoms with Crippen molar-refractivity contribution in [1.29, 1.82) is 0 Å². The lowest BCUT2D eigenvalue weighted by molar-refractivity contribution is -0.123. The minimum absolute atomic E-state index is 0.142. The lowest BCUT2D eigenvalue weighted by atomic mass is 9.83. The van der Waals surface area contributed by atoms with Gasteiger partial charge in [-0.15, -0.1) is 0 Å². The zero-order chi connectivity index (χ0) is 24.5. The topological polar surface area (TPSA) is 102 Å². The molecule has 3 aromatic rings. The van der Waals surface area contributed by atoms with Gasteiger partial charge in [0.25, 0.3) is 5.91 Å². The van der Waals surface area contributed by atoms with Gasteiger partial charge in [0.1, 0.15) is 5.75 Å². The molecule has 0 aromatic heterocycles. The van der Waals surface area contributed by atoms with Crippen molar-refractivity contribution in [2.24, 2.45) is 5.41 Å². The number of fused-ring (bicyclic) bond motifs is 2. The fraction of sp³-hybridized carbons (Fsp3) is 0.185. The van der Waals surface area contributed by atoms with Crippen molar-refractivity contribution >= 4 is 34.8 Å². The van der Waals surface area contributed by atoms with E-state index in [1.807, 2.05) is 20.8 Å². The first-order valence-corrected chi connectivity index (χ1v) is 10.8. The van der Waals surface area contributed by atoms with Crippen molar-refractivity contribution in [1.82, 2.24) is 0 Å². The Kier molecular flexibility index (Phi) is 6.03. The molecule has 7 nitrogen and oxygen atoms in total. The van der Waals surface area contributed by atoms with E-state index in [1.165, 1.54) is 0 Å². The fourth-order valence-corrected chi connectivity index (χ4v) is 3.57. The predicted molar refractivity (Wildman–Crippen MR) is 128 cm³/mol. The van der Waals surface area contributed by atoms with Crippen LogP contribution in [0.2, 0.25) is 0 Å². The summed E-state index contributed by atoms with van der Waals surface area (Å²) in [5.74, 6) is -0.804. The van der Waals surface area contributed by atoms with Crippen LogP contribution < -0.4 is 15.4 Å². The molecule has 34 heavy (non-hydrogen) atoms. The highest BCUT2D eigenvalue weighted by molar-refractivity contribution is 6.30. The number of hydrogen-bond donors (Lipinski definition) is 2. The lowest BCUT2D eigenvalue weighted by Crippen LogP contribution is -2.27. The van der Waals surface area contributed by atoms with Crippen LogP contribution >= 0.6 is 0 Å². The van der Waals surface area contributed by atoms with Crippen LogP contribution in [-0.2, 0) is 9.59 Å². The number of nitrogens with one attached hydrogen (secondary N) is 2. The van der Waals surface area contributed by atoms with Gasteiger partial charge in [-0.05, 0) is 18.2 Å². The fourth-order valence-electron chi connectivity index (χ4n) is 3.57. The molecule has 3 aromatic carbocycles. The maximum absolute atomic E-state index is 13.1. The van der Waals surface area contributed by atoms with Gasteiger partial charge in [0.2, 0.25) is 5.91 Å². The highest BCUT2D eigenvalue weighted by Gasteiger charge is 2.31. The summed E-state index contributed by atoms with van der Waals surface area (Å²) in [6.45, 7) is 5.11. The Labute approximate surface area is 197 Å². The summed E-state index contributed by atoms with van der Waals surface area (Å²) in [6, 6.07) is 18.1. The van der Waals surface area contributed by atoms with Gasteiger partial charge in [-0.1, -0.05) is 63.2 Å². The molecule has 7 heteroatoms. The number of anilines is 2. The molecule has 0 saturated heterocycles. The average molecular weight is 456 g/mol. The van der Waals surface area contributed by atoms with Crippen LogP contribution in [0.15, 0.2) is 66.7 Å². The van der Waals surface area contributed by atoms with Crippen LogP contribution in [0, 0.1) is 5.41 Å². The molecule has 1 aliphatic rings. The normalized spacial score (nSPS) is 12.4. The van der Waals surface area contributed by atoms with E-state index in [-0.39, 0.29) is 40.9 Å². The van der Waals surface area contributed by atoms with Gasteiger partial charge in [-0.25, -0.2) is 0 Å². The van der Waals surface area contributed by atoms with E-state index in [0.717, 1.165) is 0 Å². The van der Waals surface area contributed by atoms with E-state index in [0.29, 0.717) is 22.6 Å². The summed E-state index contributed by atoms with van der Waals surface area (Å²) in [6.07, 6.45) is 0. The van der Waals surface area contributed by atoms with Crippen molar-refractivity contribution < 1.29 is 23.9 Å². The van der Waals surface area contributed by atoms with Crippen molar-refractivity contribution in [3.05, 3.63) is 89.0 Å². The minimum Gasteiger partial charge on any atom is -0.484 e. The van der Waals surface area contributed by atoms with Crippen LogP contribution in [0.25, 0.3) is 0 Å². The largest absolute Gasteiger partial charge is 0.484 e. The number of ether oxygens (including phenoxy) is 1. The van der Waals surface area contributed by atoms with Crippen LogP contribution in [0.1, 0.15) is 52.6 Å². The second-order valence-corrected chi connectivity index (χ2v) is 9.00. The number of carbonyl (C=O) groups excluding carboxylic acids is 4. The predicted octanol–water partition coefficient (Wildman–Crippen LogP) is 4.46. The molecular formula is C27H24N2O5. The van der Waals surface area contributed by atoms with E-state index in [2.05, 4.69) is 10.6 Å². The maximum Gasteiger partial charge on any atom is 0.262 e. The molecule has 0 unspecified atom stereocenters. The van der Waals surface area contributed by atoms with Crippen molar-refractivity contribution in [2.75, 3.05) is 17.2 Å². The standard InChI is InChI=1S/C27H24N2O5/c1-27(2,3)26(33)28-16-8-6-9-17(14-16)34-15-22(30)29-21-13-7-12-20-23(21)25(32)19-11-5-4-10-18(19)24(20)31/h4-14H,15H2,1-3H3,(H,28,33)(H,29,30). The molecule has 172 valence electrons. The number of carbonyl (C=O) groups is 4. The third kappa shape index (κ3) is 4.59. The molecule has 0 atom stereocenters. The molecule has 0 heterocycles. The van der Waals surface area contributed by atoms with E-state index >= 15 is 0 Å². The summed E-state index contributed by atoms with van der Waals surface area (Å²) in [7, 11) is 0. The van der Waals surface area contributed by atoms with Crippen LogP contribution in [0.5, 0.6) is 5.75 Å². The summed E-state index contributed by atoms with van der Waals surface area (Å²) < 4.78 is 5.58. The zero-order valence-corrected chi connectivity index (χ0v) is 19.1. The highest BCUT2D eigenvalue weighted by Crippen LogP contribution is 2.32. The van der Waals surface area contributed by atoms with E-state index in [9.17, 15) is 19.2 Å². The van der Waals surface area contributed by atoms with Gasteiger partial charge >= 0.3 is 0 Å². The molecule has 0 radical (unpaired) electrons. The van der Waals surface area contributed by atoms with E-state index < -0.39 is 11.3 Å². The number of ketones is 2. The number of amides is 2. The zero-order valence-electron chi connectivity index (χ0n) is 19.1. The van der Waals surface area contributed by atoms with Crippen molar-refractivity contribution in [2.45, 2.75) is 20.8 Å². The number of benzene rings is 3. The average Bonchev–Trinajstić information content (AvgIpc) is 2.81. The van der Waals surface area contributed by atoms with Crippen LogP contribution in [0.3, 0.4) is 0 Å².